The first-order valence-electron chi connectivity index (χ1n) is 23.9. The van der Waals surface area contributed by atoms with Crippen LogP contribution in [0.1, 0.15) is 201 Å². The summed E-state index contributed by atoms with van der Waals surface area (Å²) in [5.41, 5.74) is 0. The molecular weight excluding hydrogens is 783 g/mol. The largest absolute Gasteiger partial charge is 0.472 e. The number of rotatable bonds is 43. The molecule has 3 N–H and O–H groups in total. The van der Waals surface area contributed by atoms with Crippen LogP contribution < -0.4 is 0 Å². The smallest absolute Gasteiger partial charge is 0.462 e. The van der Waals surface area contributed by atoms with Gasteiger partial charge in [0.05, 0.1) is 32.0 Å². The Hall–Kier alpha value is -1.85. The third-order valence-electron chi connectivity index (χ3n) is 10.6. The summed E-state index contributed by atoms with van der Waals surface area (Å²) in [5.74, 6) is -0.157. The first-order valence-corrected chi connectivity index (χ1v) is 25.4. The Labute approximate surface area is 365 Å². The van der Waals surface area contributed by atoms with Crippen molar-refractivity contribution in [3.63, 3.8) is 0 Å². The zero-order chi connectivity index (χ0) is 43.9. The number of esters is 2. The first kappa shape index (κ1) is 56.2. The maximum Gasteiger partial charge on any atom is 0.472 e. The summed E-state index contributed by atoms with van der Waals surface area (Å²) in [6, 6.07) is 0. The standard InChI is InChI=1S/C48H87O11P/c1-4-5-28-34-45-46(59-45)35-30-25-21-17-14-15-19-23-27-32-37-48(52)58-44(41-57-60(53,54)56-39-43(50)38-49)40-55-47(51)36-31-26-22-18-13-11-9-7-6-8-10-12-16-20-24-29-33-42(2)3/h14,17,19,23,25,30,42-46,49-50H,4-13,15-16,18,20-22,24,26-29,31-41H2,1-3H3,(H,53,54)/b17-14-,23-19-,30-25-/t43-,44+,45?,46?/m0/s1. The number of hydrogen-bond donors (Lipinski definition) is 3. The highest BCUT2D eigenvalue weighted by molar-refractivity contribution is 7.47. The van der Waals surface area contributed by atoms with Crippen molar-refractivity contribution in [1.29, 1.82) is 0 Å². The molecular formula is C48H87O11P. The van der Waals surface area contributed by atoms with Gasteiger partial charge in [-0.2, -0.15) is 0 Å². The molecule has 11 nitrogen and oxygen atoms in total. The average Bonchev–Trinajstić information content (AvgIpc) is 3.98. The van der Waals surface area contributed by atoms with Gasteiger partial charge in [0.25, 0.3) is 0 Å². The van der Waals surface area contributed by atoms with Crippen LogP contribution in [0, 0.1) is 5.92 Å². The second-order valence-electron chi connectivity index (χ2n) is 17.0. The van der Waals surface area contributed by atoms with Gasteiger partial charge in [-0.15, -0.1) is 0 Å². The highest BCUT2D eigenvalue weighted by atomic mass is 31.2. The molecule has 0 spiro atoms. The zero-order valence-electron chi connectivity index (χ0n) is 38.0. The fourth-order valence-electron chi connectivity index (χ4n) is 6.85. The van der Waals surface area contributed by atoms with E-state index in [-0.39, 0.29) is 19.4 Å². The highest BCUT2D eigenvalue weighted by Crippen LogP contribution is 2.43. The van der Waals surface area contributed by atoms with Gasteiger partial charge in [0.1, 0.15) is 12.7 Å². The fraction of sp³-hybridized carbons (Fsp3) is 0.833. The predicted octanol–water partition coefficient (Wildman–Crippen LogP) is 12.0. The Morgan fingerprint density at radius 3 is 1.77 bits per heavy atom. The number of carbonyl (C=O) groups is 2. The van der Waals surface area contributed by atoms with Gasteiger partial charge in [-0.3, -0.25) is 18.6 Å². The van der Waals surface area contributed by atoms with Gasteiger partial charge in [-0.1, -0.05) is 179 Å². The second kappa shape index (κ2) is 38.8. The summed E-state index contributed by atoms with van der Waals surface area (Å²) in [6.07, 6.45) is 41.5. The lowest BCUT2D eigenvalue weighted by atomic mass is 10.0. The van der Waals surface area contributed by atoms with Gasteiger partial charge in [0.2, 0.25) is 0 Å². The fourth-order valence-corrected chi connectivity index (χ4v) is 7.64. The summed E-state index contributed by atoms with van der Waals surface area (Å²) in [5, 5.41) is 18.4. The molecule has 60 heavy (non-hydrogen) atoms. The molecule has 12 heteroatoms. The number of aliphatic hydroxyl groups excluding tert-OH is 2. The Morgan fingerprint density at radius 2 is 1.18 bits per heavy atom. The monoisotopic (exact) mass is 871 g/mol. The quantitative estimate of drug-likeness (QED) is 0.0176. The lowest BCUT2D eigenvalue weighted by molar-refractivity contribution is -0.161. The number of hydrogen-bond acceptors (Lipinski definition) is 10. The molecule has 1 fully saturated rings. The topological polar surface area (TPSA) is 161 Å². The number of ether oxygens (including phenoxy) is 3. The molecule has 0 amide bonds. The van der Waals surface area contributed by atoms with Crippen molar-refractivity contribution in [1.82, 2.24) is 0 Å². The minimum Gasteiger partial charge on any atom is -0.462 e. The van der Waals surface area contributed by atoms with Gasteiger partial charge in [0, 0.05) is 12.8 Å². The number of carbonyl (C=O) groups excluding carboxylic acids is 2. The van der Waals surface area contributed by atoms with Crippen molar-refractivity contribution < 1.29 is 52.5 Å². The number of phosphoric acid groups is 1. The molecule has 1 heterocycles. The molecule has 0 aromatic heterocycles. The molecule has 0 radical (unpaired) electrons. The van der Waals surface area contributed by atoms with Crippen LogP contribution in [0.15, 0.2) is 36.5 Å². The van der Waals surface area contributed by atoms with E-state index in [1.165, 1.54) is 109 Å². The highest BCUT2D eigenvalue weighted by Gasteiger charge is 2.36. The van der Waals surface area contributed by atoms with Crippen LogP contribution in [0.5, 0.6) is 0 Å². The second-order valence-corrected chi connectivity index (χ2v) is 18.5. The Kier molecular flexibility index (Phi) is 36.3. The SMILES string of the molecule is CCCCCC1OC1C/C=C\C/C=C\C/C=C\CCCC(=O)O[C@H](COC(=O)CCCCCCCCCCCCCCCCCCC(C)C)COP(=O)(O)OC[C@@H](O)CO. The van der Waals surface area contributed by atoms with Gasteiger partial charge in [-0.05, 0) is 50.9 Å². The van der Waals surface area contributed by atoms with E-state index in [9.17, 15) is 24.2 Å². The third kappa shape index (κ3) is 36.8. The van der Waals surface area contributed by atoms with Crippen LogP contribution in [0.25, 0.3) is 0 Å². The molecule has 0 aromatic rings. The van der Waals surface area contributed by atoms with E-state index in [1.54, 1.807) is 0 Å². The lowest BCUT2D eigenvalue weighted by Gasteiger charge is -2.20. The van der Waals surface area contributed by atoms with Crippen LogP contribution in [0.3, 0.4) is 0 Å². The van der Waals surface area contributed by atoms with Gasteiger partial charge >= 0.3 is 19.8 Å². The van der Waals surface area contributed by atoms with Crippen LogP contribution in [-0.4, -0.2) is 77.9 Å². The molecule has 0 aromatic carbocycles. The molecule has 0 saturated carbocycles. The zero-order valence-corrected chi connectivity index (χ0v) is 38.9. The van der Waals surface area contributed by atoms with Crippen LogP contribution in [0.2, 0.25) is 0 Å². The van der Waals surface area contributed by atoms with Gasteiger partial charge in [-0.25, -0.2) is 4.57 Å². The maximum absolute atomic E-state index is 12.6. The average molecular weight is 871 g/mol. The molecule has 1 aliphatic heterocycles. The Balaban J connectivity index is 2.23. The molecule has 0 aliphatic carbocycles. The van der Waals surface area contributed by atoms with Gasteiger partial charge < -0.3 is 29.3 Å². The molecule has 3 unspecified atom stereocenters. The summed E-state index contributed by atoms with van der Waals surface area (Å²) in [7, 11) is -4.64. The maximum atomic E-state index is 12.6. The molecule has 1 rings (SSSR count). The van der Waals surface area contributed by atoms with Crippen LogP contribution in [0.4, 0.5) is 0 Å². The summed E-state index contributed by atoms with van der Waals surface area (Å²) in [6.45, 7) is 4.65. The van der Waals surface area contributed by atoms with E-state index >= 15 is 0 Å². The molecule has 350 valence electrons. The minimum absolute atomic E-state index is 0.106. The van der Waals surface area contributed by atoms with Crippen LogP contribution in [-0.2, 0) is 37.4 Å². The van der Waals surface area contributed by atoms with Crippen LogP contribution >= 0.6 is 7.82 Å². The van der Waals surface area contributed by atoms with Crippen molar-refractivity contribution >= 4 is 19.8 Å². The number of unbranched alkanes of at least 4 members (excludes halogenated alkanes) is 18. The number of epoxide rings is 1. The summed E-state index contributed by atoms with van der Waals surface area (Å²) < 4.78 is 38.5. The van der Waals surface area contributed by atoms with E-state index in [4.69, 9.17) is 28.4 Å². The lowest BCUT2D eigenvalue weighted by Crippen LogP contribution is -2.29. The minimum atomic E-state index is -4.64. The Morgan fingerprint density at radius 1 is 0.650 bits per heavy atom. The van der Waals surface area contributed by atoms with Crippen molar-refractivity contribution in [2.24, 2.45) is 5.92 Å². The summed E-state index contributed by atoms with van der Waals surface area (Å²) in [4.78, 5) is 35.1. The van der Waals surface area contributed by atoms with Crippen molar-refractivity contribution in [3.05, 3.63) is 36.5 Å². The first-order chi connectivity index (χ1) is 29.1. The van der Waals surface area contributed by atoms with E-state index in [2.05, 4.69) is 45.1 Å². The number of aliphatic hydroxyl groups is 2. The van der Waals surface area contributed by atoms with E-state index < -0.39 is 51.8 Å². The molecule has 0 bridgehead atoms. The molecule has 1 aliphatic rings. The van der Waals surface area contributed by atoms with Gasteiger partial charge in [0.15, 0.2) is 6.10 Å². The molecule has 1 saturated heterocycles. The summed E-state index contributed by atoms with van der Waals surface area (Å²) >= 11 is 0. The van der Waals surface area contributed by atoms with E-state index in [0.717, 1.165) is 44.4 Å². The van der Waals surface area contributed by atoms with Crippen molar-refractivity contribution in [2.75, 3.05) is 26.4 Å². The number of phosphoric ester groups is 1. The predicted molar refractivity (Wildman–Crippen MR) is 242 cm³/mol. The van der Waals surface area contributed by atoms with E-state index in [1.807, 2.05) is 12.2 Å². The number of allylic oxidation sites excluding steroid dienone is 5. The Bertz CT molecular complexity index is 1170. The third-order valence-corrected chi connectivity index (χ3v) is 11.6. The van der Waals surface area contributed by atoms with Crippen molar-refractivity contribution in [3.8, 4) is 0 Å². The van der Waals surface area contributed by atoms with E-state index in [0.29, 0.717) is 31.5 Å². The van der Waals surface area contributed by atoms with Crippen molar-refractivity contribution in [2.45, 2.75) is 225 Å². The normalized spacial score (nSPS) is 17.5. The molecule has 5 atom stereocenters.